The van der Waals surface area contributed by atoms with Crippen LogP contribution in [0.25, 0.3) is 0 Å². The van der Waals surface area contributed by atoms with Gasteiger partial charge in [-0.3, -0.25) is 0 Å². The van der Waals surface area contributed by atoms with Crippen LogP contribution in [0.5, 0.6) is 0 Å². The standard InChI is InChI=1S/C7H12N2S/c1-5(2)7-9-8-6(3)4-10-7/h5H,4H2,1-3H3. The smallest absolute Gasteiger partial charge is 0.0987 e. The fourth-order valence-electron chi connectivity index (χ4n) is 0.653. The minimum Gasteiger partial charge on any atom is -0.159 e. The third kappa shape index (κ3) is 1.84. The van der Waals surface area contributed by atoms with Gasteiger partial charge in [0.15, 0.2) is 0 Å². The lowest BCUT2D eigenvalue weighted by Gasteiger charge is -2.10. The van der Waals surface area contributed by atoms with Gasteiger partial charge in [0.1, 0.15) is 0 Å². The molecule has 0 aromatic rings. The average Bonchev–Trinajstić information content (AvgIpc) is 1.88. The van der Waals surface area contributed by atoms with Gasteiger partial charge < -0.3 is 0 Å². The molecule has 0 saturated carbocycles. The van der Waals surface area contributed by atoms with Gasteiger partial charge in [-0.15, -0.1) is 16.9 Å². The summed E-state index contributed by atoms with van der Waals surface area (Å²) in [5, 5.41) is 9.25. The van der Waals surface area contributed by atoms with E-state index in [2.05, 4.69) is 24.1 Å². The van der Waals surface area contributed by atoms with Gasteiger partial charge in [-0.1, -0.05) is 13.8 Å². The fourth-order valence-corrected chi connectivity index (χ4v) is 1.50. The molecule has 1 aliphatic rings. The van der Waals surface area contributed by atoms with E-state index in [-0.39, 0.29) is 0 Å². The van der Waals surface area contributed by atoms with Crippen molar-refractivity contribution in [2.75, 3.05) is 5.75 Å². The van der Waals surface area contributed by atoms with Crippen molar-refractivity contribution < 1.29 is 0 Å². The summed E-state index contributed by atoms with van der Waals surface area (Å²) in [4.78, 5) is 0. The number of hydrogen-bond donors (Lipinski definition) is 0. The lowest BCUT2D eigenvalue weighted by Crippen LogP contribution is -2.10. The predicted octanol–water partition coefficient (Wildman–Crippen LogP) is 2.16. The van der Waals surface area contributed by atoms with Gasteiger partial charge in [-0.05, 0) is 6.92 Å². The Morgan fingerprint density at radius 2 is 2.10 bits per heavy atom. The molecular weight excluding hydrogens is 144 g/mol. The van der Waals surface area contributed by atoms with Crippen LogP contribution in [0, 0.1) is 5.92 Å². The molecule has 1 rings (SSSR count). The fraction of sp³-hybridized carbons (Fsp3) is 0.714. The first-order chi connectivity index (χ1) is 4.70. The lowest BCUT2D eigenvalue weighted by molar-refractivity contribution is 0.891. The zero-order chi connectivity index (χ0) is 7.56. The third-order valence-corrected chi connectivity index (χ3v) is 2.65. The molecule has 10 heavy (non-hydrogen) atoms. The minimum absolute atomic E-state index is 0.529. The molecule has 0 bridgehead atoms. The highest BCUT2D eigenvalue weighted by Gasteiger charge is 2.09. The molecule has 0 aromatic heterocycles. The van der Waals surface area contributed by atoms with Gasteiger partial charge in [-0.2, -0.15) is 5.10 Å². The van der Waals surface area contributed by atoms with Gasteiger partial charge >= 0.3 is 0 Å². The lowest BCUT2D eigenvalue weighted by atomic mass is 10.2. The molecule has 2 nitrogen and oxygen atoms in total. The molecule has 0 spiro atoms. The molecule has 0 radical (unpaired) electrons. The first-order valence-corrected chi connectivity index (χ1v) is 4.42. The Labute approximate surface area is 65.8 Å². The number of thioether (sulfide) groups is 1. The Bertz CT molecular complexity index is 182. The van der Waals surface area contributed by atoms with E-state index in [0.717, 1.165) is 16.5 Å². The summed E-state index contributed by atoms with van der Waals surface area (Å²) in [5.74, 6) is 1.54. The van der Waals surface area contributed by atoms with Gasteiger partial charge in [0.25, 0.3) is 0 Å². The van der Waals surface area contributed by atoms with Crippen LogP contribution in [0.2, 0.25) is 0 Å². The van der Waals surface area contributed by atoms with Crippen LogP contribution in [0.3, 0.4) is 0 Å². The minimum atomic E-state index is 0.529. The van der Waals surface area contributed by atoms with Crippen molar-refractivity contribution in [1.82, 2.24) is 0 Å². The molecular formula is C7H12N2S. The highest BCUT2D eigenvalue weighted by atomic mass is 32.2. The number of rotatable bonds is 1. The van der Waals surface area contributed by atoms with E-state index < -0.39 is 0 Å². The van der Waals surface area contributed by atoms with Crippen molar-refractivity contribution in [1.29, 1.82) is 0 Å². The first kappa shape index (κ1) is 7.79. The van der Waals surface area contributed by atoms with Crippen LogP contribution in [0.1, 0.15) is 20.8 Å². The zero-order valence-electron chi connectivity index (χ0n) is 6.59. The molecule has 3 heteroatoms. The van der Waals surface area contributed by atoms with E-state index in [1.54, 1.807) is 11.8 Å². The van der Waals surface area contributed by atoms with E-state index in [1.165, 1.54) is 0 Å². The van der Waals surface area contributed by atoms with E-state index in [4.69, 9.17) is 0 Å². The molecule has 0 saturated heterocycles. The van der Waals surface area contributed by atoms with Crippen LogP contribution in [-0.4, -0.2) is 16.5 Å². The van der Waals surface area contributed by atoms with Crippen LogP contribution in [-0.2, 0) is 0 Å². The molecule has 0 atom stereocenters. The SMILES string of the molecule is CC1=NN=C(C(C)C)SC1. The van der Waals surface area contributed by atoms with Crippen LogP contribution < -0.4 is 0 Å². The normalized spacial score (nSPS) is 18.8. The number of nitrogens with zero attached hydrogens (tertiary/aromatic N) is 2. The second-order valence-electron chi connectivity index (χ2n) is 2.72. The maximum atomic E-state index is 4.08. The molecule has 0 aliphatic carbocycles. The topological polar surface area (TPSA) is 24.7 Å². The second-order valence-corrected chi connectivity index (χ2v) is 3.71. The molecule has 56 valence electrons. The van der Waals surface area contributed by atoms with Crippen molar-refractivity contribution in [2.24, 2.45) is 16.1 Å². The first-order valence-electron chi connectivity index (χ1n) is 3.44. The van der Waals surface area contributed by atoms with Gasteiger partial charge in [0.05, 0.1) is 5.04 Å². The van der Waals surface area contributed by atoms with Crippen molar-refractivity contribution >= 4 is 22.5 Å². The maximum absolute atomic E-state index is 4.08. The van der Waals surface area contributed by atoms with Crippen LogP contribution >= 0.6 is 11.8 Å². The van der Waals surface area contributed by atoms with Gasteiger partial charge in [0.2, 0.25) is 0 Å². The molecule has 0 amide bonds. The van der Waals surface area contributed by atoms with Crippen LogP contribution in [0.4, 0.5) is 0 Å². The summed E-state index contributed by atoms with van der Waals surface area (Å²) in [7, 11) is 0. The Morgan fingerprint density at radius 1 is 1.40 bits per heavy atom. The van der Waals surface area contributed by atoms with E-state index >= 15 is 0 Å². The summed E-state index contributed by atoms with van der Waals surface area (Å²) >= 11 is 1.80. The van der Waals surface area contributed by atoms with E-state index in [1.807, 2.05) is 6.92 Å². The average molecular weight is 156 g/mol. The summed E-state index contributed by atoms with van der Waals surface area (Å²) in [6.45, 7) is 6.29. The van der Waals surface area contributed by atoms with E-state index in [9.17, 15) is 0 Å². The summed E-state index contributed by atoms with van der Waals surface area (Å²) in [5.41, 5.74) is 1.12. The van der Waals surface area contributed by atoms with Crippen molar-refractivity contribution in [3.8, 4) is 0 Å². The Morgan fingerprint density at radius 3 is 2.50 bits per heavy atom. The molecule has 0 unspecified atom stereocenters. The zero-order valence-corrected chi connectivity index (χ0v) is 7.40. The molecule has 1 heterocycles. The number of hydrogen-bond acceptors (Lipinski definition) is 3. The van der Waals surface area contributed by atoms with Crippen molar-refractivity contribution in [2.45, 2.75) is 20.8 Å². The predicted molar refractivity (Wildman–Crippen MR) is 47.8 cm³/mol. The Hall–Kier alpha value is -0.310. The quantitative estimate of drug-likeness (QED) is 0.571. The Kier molecular flexibility index (Phi) is 2.49. The van der Waals surface area contributed by atoms with E-state index in [0.29, 0.717) is 5.92 Å². The van der Waals surface area contributed by atoms with Crippen molar-refractivity contribution in [3.05, 3.63) is 0 Å². The van der Waals surface area contributed by atoms with Crippen LogP contribution in [0.15, 0.2) is 10.2 Å². The molecule has 1 aliphatic heterocycles. The highest BCUT2D eigenvalue weighted by molar-refractivity contribution is 8.14. The van der Waals surface area contributed by atoms with Crippen molar-refractivity contribution in [3.63, 3.8) is 0 Å². The monoisotopic (exact) mass is 156 g/mol. The third-order valence-electron chi connectivity index (χ3n) is 1.24. The summed E-state index contributed by atoms with van der Waals surface area (Å²) < 4.78 is 0. The van der Waals surface area contributed by atoms with Gasteiger partial charge in [0, 0.05) is 17.4 Å². The highest BCUT2D eigenvalue weighted by Crippen LogP contribution is 2.16. The molecule has 0 fully saturated rings. The molecule has 0 aromatic carbocycles. The second kappa shape index (κ2) is 3.19. The summed E-state index contributed by atoms with van der Waals surface area (Å²) in [6, 6.07) is 0. The summed E-state index contributed by atoms with van der Waals surface area (Å²) in [6.07, 6.45) is 0. The maximum Gasteiger partial charge on any atom is 0.0987 e. The van der Waals surface area contributed by atoms with Gasteiger partial charge in [-0.25, -0.2) is 0 Å². The largest absolute Gasteiger partial charge is 0.159 e. The Balaban J connectivity index is 2.64. The molecule has 0 N–H and O–H groups in total.